The van der Waals surface area contributed by atoms with Crippen molar-refractivity contribution in [3.8, 4) is 0 Å². The third kappa shape index (κ3) is 30.9. The summed E-state index contributed by atoms with van der Waals surface area (Å²) in [6, 6.07) is -17.6. The van der Waals surface area contributed by atoms with E-state index in [1.54, 1.807) is 60.6 Å². The number of likely N-dealkylation sites (N-methyl/N-ethyl adjacent to an activating group) is 7. The number of halogens is 6. The van der Waals surface area contributed by atoms with E-state index < -0.39 is 228 Å². The number of hydrogen-bond acceptors (Lipinski definition) is 17. The van der Waals surface area contributed by atoms with E-state index >= 15 is 40.7 Å². The first-order valence-corrected chi connectivity index (χ1v) is 36.4. The minimum absolute atomic E-state index is 0.0653. The van der Waals surface area contributed by atoms with Gasteiger partial charge in [0.25, 0.3) is 5.91 Å². The van der Waals surface area contributed by atoms with Gasteiger partial charge in [-0.05, 0) is 136 Å². The maximum atomic E-state index is 15.3. The van der Waals surface area contributed by atoms with E-state index in [4.69, 9.17) is 14.3 Å². The molecule has 0 unspecified atom stereocenters. The number of hydrogen-bond donors (Lipinski definition) is 5. The van der Waals surface area contributed by atoms with E-state index in [-0.39, 0.29) is 42.4 Å². The summed E-state index contributed by atoms with van der Waals surface area (Å²) in [5, 5.41) is 29.0. The molecular weight excluding hydrogens is 1420 g/mol. The van der Waals surface area contributed by atoms with Crippen molar-refractivity contribution in [3.63, 3.8) is 0 Å². The molecule has 0 saturated carbocycles. The molecule has 107 heavy (non-hydrogen) atoms. The molecule has 0 radical (unpaired) electrons. The number of carbonyl (C=O) groups excluding carboxylic acids is 12. The van der Waals surface area contributed by atoms with Crippen LogP contribution in [0.15, 0.2) is 12.2 Å². The number of aliphatic hydroxyl groups is 2. The minimum atomic E-state index is -6.40. The van der Waals surface area contributed by atoms with Crippen molar-refractivity contribution in [3.05, 3.63) is 12.2 Å². The second-order valence-electron chi connectivity index (χ2n) is 31.8. The molecule has 0 heterocycles. The SMILES string of the molecule is C/C=C/C[C@@H](C)[C@@H](O)[C@@H](C(=O)N[C@@H](CC)C(=O)N(C)CC(=O)N(C)[C@@H](CC(C)C)C(=O)N(OCCO)[C@H](C(=O)N(C)[C@@H](CC(C)C)C(=O)N[C@@H](C)C(=O)OC(C)(C)C)C(C(F)(F)F)C(F)(F)F)N(C)C(=O)[C@H](C(C)C)N(C)C(=O)[C@H](CC(C)C)N(C)C(=O)[C@H](CC(C)C)N(C)C(=O)[C@@H](C)NC(=O)OC(C)(C)C. The summed E-state index contributed by atoms with van der Waals surface area (Å²) in [7, 11) is 8.11. The highest BCUT2D eigenvalue weighted by Gasteiger charge is 2.66. The smallest absolute Gasteiger partial charge is 0.408 e. The number of ether oxygens (including phenoxy) is 2. The van der Waals surface area contributed by atoms with E-state index in [0.717, 1.165) is 28.8 Å². The zero-order valence-electron chi connectivity index (χ0n) is 68.3. The monoisotopic (exact) mass is 1540 g/mol. The number of aliphatic hydroxyl groups excluding tert-OH is 2. The van der Waals surface area contributed by atoms with Crippen molar-refractivity contribution in [1.29, 1.82) is 0 Å². The van der Waals surface area contributed by atoms with Crippen LogP contribution < -0.4 is 16.0 Å². The Balaban J connectivity index is 7.85. The second kappa shape index (κ2) is 43.1. The zero-order chi connectivity index (χ0) is 84.0. The quantitative estimate of drug-likeness (QED) is 0.0184. The number of allylic oxidation sites excluding steroid dienone is 2. The summed E-state index contributed by atoms with van der Waals surface area (Å²) in [5.41, 5.74) is -1.95. The van der Waals surface area contributed by atoms with Gasteiger partial charge in [-0.1, -0.05) is 95.2 Å². The summed E-state index contributed by atoms with van der Waals surface area (Å²) in [6.45, 7) is 30.0. The predicted molar refractivity (Wildman–Crippen MR) is 388 cm³/mol. The van der Waals surface area contributed by atoms with E-state index in [1.807, 2.05) is 27.7 Å². The molecule has 618 valence electrons. The van der Waals surface area contributed by atoms with Crippen molar-refractivity contribution < 1.29 is 108 Å². The van der Waals surface area contributed by atoms with Gasteiger partial charge in [0, 0.05) is 49.3 Å². The van der Waals surface area contributed by atoms with E-state index in [1.165, 1.54) is 107 Å². The van der Waals surface area contributed by atoms with Gasteiger partial charge in [0.05, 0.1) is 25.9 Å². The Bertz CT molecular complexity index is 2980. The normalized spacial score (nSPS) is 15.8. The highest BCUT2D eigenvalue weighted by Crippen LogP contribution is 2.44. The van der Waals surface area contributed by atoms with Crippen LogP contribution >= 0.6 is 0 Å². The summed E-state index contributed by atoms with van der Waals surface area (Å²) in [6.07, 6.45) is -12.8. The van der Waals surface area contributed by atoms with Crippen molar-refractivity contribution in [2.45, 2.75) is 274 Å². The zero-order valence-corrected chi connectivity index (χ0v) is 68.3. The standard InChI is InChI=1S/C73H127F6N11O17/c1-29-31-32-45(13)57(93)55(89(28)66(101)54(44(11)12)88(27)64(99)51(37-42(7)8)87(26)63(98)50(36-41(5)6)86(25)61(96)46(14)81-69(104)107-71(19,20)21)60(95)82-48(30-2)62(97)83(22)39-53(92)84(23)52(38-43(9)10)65(100)90(105-34-33-91)56(58(72(74,75)76)73(77,78)79)67(102)85(24)49(35-40(3)4)59(94)80-47(15)68(103)106-70(16,17)18/h29,31,40-52,54-58,91,93H,30,32-39H2,1-28H3,(H,80,94)(H,81,104)(H,82,95)/b31-29+/t45-,46-,47+,48+,49+,50+,51+,52+,54+,55+,56+,57-/m1/s1. The molecule has 11 amide bonds. The Morgan fingerprint density at radius 3 is 1.30 bits per heavy atom. The van der Waals surface area contributed by atoms with Gasteiger partial charge in [-0.25, -0.2) is 14.7 Å². The third-order valence-corrected chi connectivity index (χ3v) is 17.6. The minimum Gasteiger partial charge on any atom is -0.458 e. The van der Waals surface area contributed by atoms with Crippen molar-refractivity contribution >= 4 is 71.1 Å². The molecule has 0 spiro atoms. The van der Waals surface area contributed by atoms with Crippen LogP contribution in [0.25, 0.3) is 0 Å². The lowest BCUT2D eigenvalue weighted by molar-refractivity contribution is -0.316. The fourth-order valence-corrected chi connectivity index (χ4v) is 11.9. The van der Waals surface area contributed by atoms with Crippen LogP contribution in [-0.2, 0) is 67.1 Å². The van der Waals surface area contributed by atoms with Crippen molar-refractivity contribution in [2.75, 3.05) is 69.1 Å². The average molecular weight is 1540 g/mol. The van der Waals surface area contributed by atoms with Crippen LogP contribution in [0.1, 0.15) is 184 Å². The number of alkyl carbamates (subject to hydrolysis) is 1. The van der Waals surface area contributed by atoms with E-state index in [2.05, 4.69) is 16.0 Å². The van der Waals surface area contributed by atoms with Crippen LogP contribution in [0.2, 0.25) is 0 Å². The average Bonchev–Trinajstić information content (AvgIpc) is 0.766. The highest BCUT2D eigenvalue weighted by atomic mass is 19.4. The molecule has 0 aromatic heterocycles. The maximum Gasteiger partial charge on any atom is 0.408 e. The number of esters is 1. The second-order valence-corrected chi connectivity index (χ2v) is 31.8. The molecule has 12 atom stereocenters. The summed E-state index contributed by atoms with van der Waals surface area (Å²) in [4.78, 5) is 184. The number of nitrogens with zero attached hydrogens (tertiary/aromatic N) is 8. The number of amides is 11. The fraction of sp³-hybridized carbons (Fsp3) is 0.808. The van der Waals surface area contributed by atoms with Gasteiger partial charge in [0.1, 0.15) is 65.6 Å². The molecule has 0 rings (SSSR count). The molecule has 0 aromatic rings. The van der Waals surface area contributed by atoms with Crippen molar-refractivity contribution in [2.24, 2.45) is 41.4 Å². The predicted octanol–water partition coefficient (Wildman–Crippen LogP) is 6.73. The number of nitrogens with one attached hydrogen (secondary N) is 3. The Labute approximate surface area is 629 Å². The summed E-state index contributed by atoms with van der Waals surface area (Å²) < 4.78 is 102. The molecule has 34 heteroatoms. The first kappa shape index (κ1) is 99.6. The lowest BCUT2D eigenvalue weighted by atomic mass is 9.91. The molecule has 0 aliphatic rings. The molecule has 0 bridgehead atoms. The maximum absolute atomic E-state index is 15.3. The number of rotatable bonds is 40. The Hall–Kier alpha value is -7.36. The van der Waals surface area contributed by atoms with Crippen LogP contribution in [-0.4, -0.2) is 280 Å². The Morgan fingerprint density at radius 1 is 0.477 bits per heavy atom. The molecule has 28 nitrogen and oxygen atoms in total. The van der Waals surface area contributed by atoms with Gasteiger partial charge in [0.15, 0.2) is 12.0 Å². The number of carbonyl (C=O) groups is 12. The fourth-order valence-electron chi connectivity index (χ4n) is 11.9. The first-order chi connectivity index (χ1) is 48.7. The molecule has 5 N–H and O–H groups in total. The lowest BCUT2D eigenvalue weighted by Gasteiger charge is -2.42. The summed E-state index contributed by atoms with van der Waals surface area (Å²) in [5.74, 6) is -20.3. The topological polar surface area (TPSA) is 335 Å². The van der Waals surface area contributed by atoms with Gasteiger partial charge >= 0.3 is 24.4 Å². The van der Waals surface area contributed by atoms with Gasteiger partial charge in [-0.2, -0.15) is 26.3 Å². The van der Waals surface area contributed by atoms with Crippen LogP contribution in [0.5, 0.6) is 0 Å². The molecule has 0 fully saturated rings. The van der Waals surface area contributed by atoms with Crippen molar-refractivity contribution in [1.82, 2.24) is 55.3 Å². The number of hydroxylamine groups is 2. The molecule has 0 saturated heterocycles. The Kier molecular flexibility index (Phi) is 40.2. The van der Waals surface area contributed by atoms with Gasteiger partial charge in [0.2, 0.25) is 53.2 Å². The van der Waals surface area contributed by atoms with Crippen LogP contribution in [0.3, 0.4) is 0 Å². The molecule has 0 aromatic carbocycles. The van der Waals surface area contributed by atoms with Gasteiger partial charge in [-0.3, -0.25) is 52.8 Å². The highest BCUT2D eigenvalue weighted by molar-refractivity contribution is 5.99. The van der Waals surface area contributed by atoms with Crippen LogP contribution in [0, 0.1) is 41.4 Å². The summed E-state index contributed by atoms with van der Waals surface area (Å²) >= 11 is 0. The molecule has 0 aliphatic heterocycles. The first-order valence-electron chi connectivity index (χ1n) is 36.4. The third-order valence-electron chi connectivity index (χ3n) is 17.6. The molecular formula is C73H127F6N11O17. The van der Waals surface area contributed by atoms with E-state index in [9.17, 15) is 53.4 Å². The number of alkyl halides is 6. The van der Waals surface area contributed by atoms with Gasteiger partial charge < -0.3 is 69.9 Å². The van der Waals surface area contributed by atoms with E-state index in [0.29, 0.717) is 11.9 Å². The van der Waals surface area contributed by atoms with Gasteiger partial charge in [-0.15, -0.1) is 0 Å². The van der Waals surface area contributed by atoms with Crippen LogP contribution in [0.4, 0.5) is 31.1 Å². The Morgan fingerprint density at radius 2 is 0.888 bits per heavy atom. The largest absolute Gasteiger partial charge is 0.458 e. The lowest BCUT2D eigenvalue weighted by Crippen LogP contribution is -2.65. The molecule has 0 aliphatic carbocycles.